The maximum absolute atomic E-state index is 12.2. The summed E-state index contributed by atoms with van der Waals surface area (Å²) in [4.78, 5) is 15.2. The Labute approximate surface area is 128 Å². The quantitative estimate of drug-likeness (QED) is 0.813. The molecular formula is C17H17NO2S. The van der Waals surface area contributed by atoms with Crippen LogP contribution in [-0.2, 0) is 17.8 Å². The van der Waals surface area contributed by atoms with Gasteiger partial charge in [-0.15, -0.1) is 11.3 Å². The van der Waals surface area contributed by atoms with Gasteiger partial charge in [-0.05, 0) is 47.2 Å². The molecule has 3 rings (SSSR count). The van der Waals surface area contributed by atoms with Gasteiger partial charge in [0.2, 0.25) is 5.91 Å². The van der Waals surface area contributed by atoms with Crippen molar-refractivity contribution in [3.63, 3.8) is 0 Å². The van der Waals surface area contributed by atoms with E-state index in [4.69, 9.17) is 4.74 Å². The number of fused-ring (bicyclic) bond motifs is 1. The molecule has 0 saturated carbocycles. The third-order valence-electron chi connectivity index (χ3n) is 3.67. The van der Waals surface area contributed by atoms with Crippen molar-refractivity contribution in [3.8, 4) is 5.75 Å². The van der Waals surface area contributed by atoms with Gasteiger partial charge in [0, 0.05) is 24.0 Å². The number of carbonyl (C=O) groups excluding carboxylic acids is 1. The zero-order valence-corrected chi connectivity index (χ0v) is 12.7. The third-order valence-corrected chi connectivity index (χ3v) is 4.51. The Bertz CT molecular complexity index is 661. The molecule has 21 heavy (non-hydrogen) atoms. The van der Waals surface area contributed by atoms with Crippen molar-refractivity contribution in [2.45, 2.75) is 13.0 Å². The van der Waals surface area contributed by atoms with Gasteiger partial charge in [-0.2, -0.15) is 0 Å². The molecule has 2 heterocycles. The van der Waals surface area contributed by atoms with Crippen LogP contribution >= 0.6 is 11.3 Å². The Hall–Kier alpha value is -2.07. The zero-order valence-electron chi connectivity index (χ0n) is 11.9. The molecule has 0 aliphatic carbocycles. The summed E-state index contributed by atoms with van der Waals surface area (Å²) in [7, 11) is 1.68. The highest BCUT2D eigenvalue weighted by Crippen LogP contribution is 2.24. The summed E-state index contributed by atoms with van der Waals surface area (Å²) in [6.07, 6.45) is 4.43. The van der Waals surface area contributed by atoms with Gasteiger partial charge in [-0.25, -0.2) is 0 Å². The lowest BCUT2D eigenvalue weighted by molar-refractivity contribution is -0.126. The zero-order chi connectivity index (χ0) is 14.7. The molecule has 3 nitrogen and oxygen atoms in total. The molecule has 0 unspecified atom stereocenters. The van der Waals surface area contributed by atoms with Crippen LogP contribution in [0.1, 0.15) is 16.0 Å². The minimum absolute atomic E-state index is 0.0740. The Morgan fingerprint density at radius 2 is 2.24 bits per heavy atom. The lowest BCUT2D eigenvalue weighted by Gasteiger charge is -2.28. The second-order valence-corrected chi connectivity index (χ2v) is 5.97. The van der Waals surface area contributed by atoms with Crippen LogP contribution in [0.5, 0.6) is 5.75 Å². The largest absolute Gasteiger partial charge is 0.497 e. The number of rotatable bonds is 3. The van der Waals surface area contributed by atoms with Gasteiger partial charge in [-0.1, -0.05) is 12.1 Å². The fourth-order valence-electron chi connectivity index (χ4n) is 2.49. The first-order valence-electron chi connectivity index (χ1n) is 6.92. The minimum atomic E-state index is 0.0740. The summed E-state index contributed by atoms with van der Waals surface area (Å²) in [6, 6.07) is 10.1. The second kappa shape index (κ2) is 6.14. The van der Waals surface area contributed by atoms with Gasteiger partial charge in [0.15, 0.2) is 0 Å². The average molecular weight is 299 g/mol. The first kappa shape index (κ1) is 13.9. The molecule has 4 heteroatoms. The Morgan fingerprint density at radius 3 is 3.00 bits per heavy atom. The van der Waals surface area contributed by atoms with E-state index in [9.17, 15) is 4.79 Å². The van der Waals surface area contributed by atoms with Crippen LogP contribution in [-0.4, -0.2) is 24.5 Å². The van der Waals surface area contributed by atoms with Gasteiger partial charge >= 0.3 is 0 Å². The van der Waals surface area contributed by atoms with Crippen LogP contribution in [0.4, 0.5) is 0 Å². The molecule has 108 valence electrons. The van der Waals surface area contributed by atoms with Crippen LogP contribution in [0.2, 0.25) is 0 Å². The predicted octanol–water partition coefficient (Wildman–Crippen LogP) is 3.35. The van der Waals surface area contributed by atoms with Crippen molar-refractivity contribution in [2.75, 3.05) is 13.7 Å². The highest BCUT2D eigenvalue weighted by Gasteiger charge is 2.19. The van der Waals surface area contributed by atoms with Gasteiger partial charge in [0.1, 0.15) is 5.75 Å². The predicted molar refractivity (Wildman–Crippen MR) is 85.5 cm³/mol. The molecule has 1 aliphatic rings. The molecule has 0 bridgehead atoms. The lowest BCUT2D eigenvalue weighted by atomic mass is 9.99. The maximum atomic E-state index is 12.2. The Kier molecular flexibility index (Phi) is 4.06. The van der Waals surface area contributed by atoms with E-state index in [-0.39, 0.29) is 5.91 Å². The van der Waals surface area contributed by atoms with Crippen LogP contribution in [0.3, 0.4) is 0 Å². The molecule has 0 saturated heterocycles. The number of nitrogens with zero attached hydrogens (tertiary/aromatic N) is 1. The molecule has 0 fully saturated rings. The molecular weight excluding hydrogens is 282 g/mol. The summed E-state index contributed by atoms with van der Waals surface area (Å²) >= 11 is 1.63. The second-order valence-electron chi connectivity index (χ2n) is 4.99. The fourth-order valence-corrected chi connectivity index (χ4v) is 3.11. The summed E-state index contributed by atoms with van der Waals surface area (Å²) in [5.74, 6) is 0.955. The van der Waals surface area contributed by atoms with E-state index in [2.05, 4.69) is 12.1 Å². The Balaban J connectivity index is 1.69. The van der Waals surface area contributed by atoms with Crippen molar-refractivity contribution in [1.82, 2.24) is 4.90 Å². The highest BCUT2D eigenvalue weighted by atomic mass is 32.1. The maximum Gasteiger partial charge on any atom is 0.246 e. The van der Waals surface area contributed by atoms with Crippen LogP contribution in [0, 0.1) is 0 Å². The summed E-state index contributed by atoms with van der Waals surface area (Å²) in [5, 5.41) is 2.01. The molecule has 1 aromatic carbocycles. The smallest absolute Gasteiger partial charge is 0.246 e. The van der Waals surface area contributed by atoms with E-state index in [1.54, 1.807) is 24.5 Å². The number of hydrogen-bond acceptors (Lipinski definition) is 3. The first-order valence-corrected chi connectivity index (χ1v) is 7.80. The summed E-state index contributed by atoms with van der Waals surface area (Å²) in [5.41, 5.74) is 2.49. The van der Waals surface area contributed by atoms with Gasteiger partial charge < -0.3 is 9.64 Å². The van der Waals surface area contributed by atoms with Crippen molar-refractivity contribution >= 4 is 23.3 Å². The number of carbonyl (C=O) groups is 1. The third kappa shape index (κ3) is 3.16. The lowest BCUT2D eigenvalue weighted by Crippen LogP contribution is -2.34. The van der Waals surface area contributed by atoms with E-state index in [0.717, 1.165) is 23.6 Å². The SMILES string of the molecule is COc1ccc2c(c1)CCN(C(=O)/C=C/c1cccs1)C2. The van der Waals surface area contributed by atoms with E-state index in [1.165, 1.54) is 11.1 Å². The molecule has 0 spiro atoms. The monoisotopic (exact) mass is 299 g/mol. The van der Waals surface area contributed by atoms with Gasteiger partial charge in [0.05, 0.1) is 7.11 Å². The fraction of sp³-hybridized carbons (Fsp3) is 0.235. The Morgan fingerprint density at radius 1 is 1.33 bits per heavy atom. The first-order chi connectivity index (χ1) is 10.3. The van der Waals surface area contributed by atoms with E-state index in [1.807, 2.05) is 34.6 Å². The van der Waals surface area contributed by atoms with Crippen molar-refractivity contribution < 1.29 is 9.53 Å². The molecule has 1 amide bonds. The minimum Gasteiger partial charge on any atom is -0.497 e. The number of ether oxygens (including phenoxy) is 1. The number of benzene rings is 1. The number of hydrogen-bond donors (Lipinski definition) is 0. The van der Waals surface area contributed by atoms with E-state index < -0.39 is 0 Å². The molecule has 0 N–H and O–H groups in total. The average Bonchev–Trinajstić information content (AvgIpc) is 3.05. The molecule has 0 atom stereocenters. The number of amides is 1. The molecule has 2 aromatic rings. The number of methoxy groups -OCH3 is 1. The van der Waals surface area contributed by atoms with Gasteiger partial charge in [-0.3, -0.25) is 4.79 Å². The van der Waals surface area contributed by atoms with Crippen molar-refractivity contribution in [1.29, 1.82) is 0 Å². The summed E-state index contributed by atoms with van der Waals surface area (Å²) < 4.78 is 5.24. The van der Waals surface area contributed by atoms with E-state index >= 15 is 0 Å². The molecule has 0 radical (unpaired) electrons. The van der Waals surface area contributed by atoms with Crippen LogP contribution in [0.15, 0.2) is 41.8 Å². The van der Waals surface area contributed by atoms with E-state index in [0.29, 0.717) is 6.54 Å². The molecule has 1 aliphatic heterocycles. The van der Waals surface area contributed by atoms with Crippen LogP contribution in [0.25, 0.3) is 6.08 Å². The summed E-state index contributed by atoms with van der Waals surface area (Å²) in [6.45, 7) is 1.43. The number of thiophene rings is 1. The normalized spacial score (nSPS) is 14.2. The van der Waals surface area contributed by atoms with Crippen LogP contribution < -0.4 is 4.74 Å². The topological polar surface area (TPSA) is 29.5 Å². The highest BCUT2D eigenvalue weighted by molar-refractivity contribution is 7.10. The van der Waals surface area contributed by atoms with Gasteiger partial charge in [0.25, 0.3) is 0 Å². The van der Waals surface area contributed by atoms with Crippen molar-refractivity contribution in [3.05, 3.63) is 57.8 Å². The molecule has 1 aromatic heterocycles. The van der Waals surface area contributed by atoms with Crippen molar-refractivity contribution in [2.24, 2.45) is 0 Å². The standard InChI is InChI=1S/C17H17NO2S/c1-20-15-5-4-14-12-18(9-8-13(14)11-15)17(19)7-6-16-3-2-10-21-16/h2-7,10-11H,8-9,12H2,1H3/b7-6+.